The van der Waals surface area contributed by atoms with Gasteiger partial charge in [0.25, 0.3) is 0 Å². The summed E-state index contributed by atoms with van der Waals surface area (Å²) in [5, 5.41) is 22.2. The summed E-state index contributed by atoms with van der Waals surface area (Å²) in [6.45, 7) is 17.9. The molecule has 0 fully saturated rings. The molecule has 31 heavy (non-hydrogen) atoms. The van der Waals surface area contributed by atoms with E-state index in [9.17, 15) is 4.21 Å². The van der Waals surface area contributed by atoms with Crippen molar-refractivity contribution in [2.75, 3.05) is 26.2 Å². The molecular formula is C14H66O6S11. The summed E-state index contributed by atoms with van der Waals surface area (Å²) in [6, 6.07) is 0. The Labute approximate surface area is 266 Å². The summed E-state index contributed by atoms with van der Waals surface area (Å²) < 4.78 is 21.8. The molecule has 0 aliphatic heterocycles. The summed E-state index contributed by atoms with van der Waals surface area (Å²) in [5.74, 6) is 0. The zero-order valence-corrected chi connectivity index (χ0v) is 31.5. The first kappa shape index (κ1) is 142. The fraction of sp³-hybridized carbons (Fsp3) is 1.00. The van der Waals surface area contributed by atoms with Crippen molar-refractivity contribution in [1.29, 1.82) is 0 Å². The molecule has 0 radical (unpaired) electrons. The molecule has 0 heterocycles. The second-order valence-corrected chi connectivity index (χ2v) is 5.51. The van der Waals surface area contributed by atoms with Crippen LogP contribution in [0.3, 0.4) is 0 Å². The lowest BCUT2D eigenvalue weighted by molar-refractivity contribution is -0.141. The van der Waals surface area contributed by atoms with Gasteiger partial charge in [-0.3, -0.25) is 0 Å². The Morgan fingerprint density at radius 3 is 0.645 bits per heavy atom. The van der Waals surface area contributed by atoms with E-state index in [1.54, 1.807) is 6.92 Å². The van der Waals surface area contributed by atoms with E-state index < -0.39 is 9.63 Å². The molecule has 0 saturated heterocycles. The van der Waals surface area contributed by atoms with Gasteiger partial charge in [-0.05, 0) is 6.92 Å². The van der Waals surface area contributed by atoms with Crippen LogP contribution in [0.4, 0.5) is 0 Å². The Kier molecular flexibility index (Phi) is 678. The highest BCUT2D eigenvalue weighted by atomic mass is 32.3. The molecular weight excluding hydrogens is 617 g/mol. The number of hydrogen-bond acceptors (Lipinski definition) is 5. The number of hydrogen-bond donors (Lipinski definition) is 4. The van der Waals surface area contributed by atoms with Crippen LogP contribution in [0, 0.1) is 0 Å². The highest BCUT2D eigenvalue weighted by Crippen LogP contribution is 2.08. The molecule has 0 atom stereocenters. The minimum atomic E-state index is -4.06. The Hall–Kier alpha value is 3.45. The highest BCUT2D eigenvalue weighted by Gasteiger charge is 2.18. The minimum Gasteiger partial charge on any atom is -0.400 e. The molecule has 0 unspecified atom stereocenters. The maximum atomic E-state index is 10.2. The average molecular weight is 683 g/mol. The Bertz CT molecular complexity index is 159. The third kappa shape index (κ3) is 596. The summed E-state index contributed by atoms with van der Waals surface area (Å²) in [5.41, 5.74) is 0. The Morgan fingerprint density at radius 2 is 0.645 bits per heavy atom. The third-order valence-corrected chi connectivity index (χ3v) is 0.639. The van der Waals surface area contributed by atoms with Crippen molar-refractivity contribution in [1.82, 2.24) is 0 Å². The molecule has 4 N–H and O–H groups in total. The number of aliphatic hydroxyl groups is 2. The molecule has 0 bridgehead atoms. The molecule has 0 aromatic carbocycles. The van der Waals surface area contributed by atoms with Crippen LogP contribution in [0.2, 0.25) is 0 Å². The molecule has 0 amide bonds. The van der Waals surface area contributed by atoms with E-state index in [2.05, 4.69) is 4.33 Å². The second kappa shape index (κ2) is 148. The van der Waals surface area contributed by atoms with Gasteiger partial charge in [0.15, 0.2) is 0 Å². The summed E-state index contributed by atoms with van der Waals surface area (Å²) in [6.07, 6.45) is 1.80. The maximum absolute atomic E-state index is 10.2. The molecule has 0 rings (SSSR count). The smallest absolute Gasteiger partial charge is 0.108 e. The van der Waals surface area contributed by atoms with E-state index in [4.69, 9.17) is 20.0 Å². The lowest BCUT2D eigenvalue weighted by Crippen LogP contribution is -2.29. The normalized spacial score (nSPS) is 5.61. The Morgan fingerprint density at radius 1 is 0.613 bits per heavy atom. The van der Waals surface area contributed by atoms with E-state index in [1.165, 1.54) is 0 Å². The van der Waals surface area contributed by atoms with Crippen molar-refractivity contribution in [2.24, 2.45) is 0 Å². The van der Waals surface area contributed by atoms with E-state index >= 15 is 0 Å². The quantitative estimate of drug-likeness (QED) is 0.218. The molecule has 6 nitrogen and oxygen atoms in total. The highest BCUT2D eigenvalue weighted by molar-refractivity contribution is 8.09. The summed E-state index contributed by atoms with van der Waals surface area (Å²) in [4.78, 5) is 0. The lowest BCUT2D eigenvalue weighted by atomic mass is 10.9. The predicted octanol–water partition coefficient (Wildman–Crippen LogP) is 5.42. The predicted molar refractivity (Wildman–Crippen MR) is 203 cm³/mol. The van der Waals surface area contributed by atoms with Crippen molar-refractivity contribution in [2.45, 2.75) is 69.7 Å². The van der Waals surface area contributed by atoms with Crippen molar-refractivity contribution in [3.8, 4) is 0 Å². The molecule has 224 valence electrons. The van der Waals surface area contributed by atoms with E-state index in [1.807, 2.05) is 55.4 Å². The van der Waals surface area contributed by atoms with Gasteiger partial charge in [0.2, 0.25) is 0 Å². The number of aliphatic hydroxyl groups excluding tert-OH is 2. The van der Waals surface area contributed by atoms with Gasteiger partial charge < -0.3 is 14.8 Å². The van der Waals surface area contributed by atoms with E-state index in [-0.39, 0.29) is 149 Å². The van der Waals surface area contributed by atoms with Gasteiger partial charge in [-0.1, -0.05) is 62.8 Å². The second-order valence-electron chi connectivity index (χ2n) is 2.05. The van der Waals surface area contributed by atoms with Crippen molar-refractivity contribution < 1.29 is 28.6 Å². The topological polar surface area (TPSA) is 107 Å². The fourth-order valence-corrected chi connectivity index (χ4v) is 0. The molecule has 17 heteroatoms. The molecule has 0 aromatic heterocycles. The van der Waals surface area contributed by atoms with Gasteiger partial charge in [-0.15, -0.1) is 4.33 Å². The lowest BCUT2D eigenvalue weighted by Gasteiger charge is -2.20. The van der Waals surface area contributed by atoms with Gasteiger partial charge in [0, 0.05) is 26.2 Å². The van der Waals surface area contributed by atoms with Gasteiger partial charge in [0.05, 0.1) is 0 Å². The fourth-order valence-electron chi connectivity index (χ4n) is 0. The molecule has 0 spiro atoms. The van der Waals surface area contributed by atoms with Crippen molar-refractivity contribution in [3.63, 3.8) is 0 Å². The van der Waals surface area contributed by atoms with Gasteiger partial charge in [-0.25, -0.2) is 9.47 Å². The van der Waals surface area contributed by atoms with Crippen molar-refractivity contribution >= 4 is 145 Å². The first-order valence-electron chi connectivity index (χ1n) is 6.99. The van der Waals surface area contributed by atoms with Crippen LogP contribution in [0.1, 0.15) is 69.7 Å². The van der Waals surface area contributed by atoms with Gasteiger partial charge in [0.1, 0.15) is 9.63 Å². The molecule has 0 aliphatic carbocycles. The molecule has 0 aromatic rings. The van der Waals surface area contributed by atoms with E-state index in [0.717, 1.165) is 19.6 Å². The largest absolute Gasteiger partial charge is 0.400 e. The number of rotatable bonds is 1. The van der Waals surface area contributed by atoms with Crippen LogP contribution in [0.25, 0.3) is 0 Å². The van der Waals surface area contributed by atoms with Gasteiger partial charge in [-0.2, -0.15) is 135 Å². The zero-order valence-electron chi connectivity index (χ0n) is 20.7. The monoisotopic (exact) mass is 682 g/mol. The van der Waals surface area contributed by atoms with Crippen molar-refractivity contribution in [3.05, 3.63) is 0 Å². The Balaban J connectivity index is -0.00000000401. The first-order valence-corrected chi connectivity index (χ1v) is 9.65. The SMILES string of the molecule is C.CC.CC.CC.CC.CCO.CO.CS(C)(=O)(O)OO.S.S.S.S.S.S.S.S.S.S. The van der Waals surface area contributed by atoms with Crippen LogP contribution < -0.4 is 0 Å². The van der Waals surface area contributed by atoms with Crippen LogP contribution in [-0.4, -0.2) is 50.5 Å². The molecule has 0 aliphatic rings. The zero-order chi connectivity index (χ0) is 18.9. The van der Waals surface area contributed by atoms with E-state index in [0.29, 0.717) is 0 Å². The average Bonchev–Trinajstić information content (AvgIpc) is 2.49. The van der Waals surface area contributed by atoms with Crippen LogP contribution in [-0.2, 0) is 14.0 Å². The van der Waals surface area contributed by atoms with Crippen LogP contribution >= 0.6 is 135 Å². The molecule has 0 saturated carbocycles. The summed E-state index contributed by atoms with van der Waals surface area (Å²) in [7, 11) is -3.06. The summed E-state index contributed by atoms with van der Waals surface area (Å²) >= 11 is 0. The third-order valence-electron chi connectivity index (χ3n) is 0.213. The minimum absolute atomic E-state index is 0. The van der Waals surface area contributed by atoms with Crippen LogP contribution in [0.15, 0.2) is 0 Å². The van der Waals surface area contributed by atoms with Gasteiger partial charge >= 0.3 is 0 Å². The maximum Gasteiger partial charge on any atom is 0.108 e. The standard InChI is InChI=1S/C2H8O4S.C2H6O.4C2H6.CH4O.CH4.10H2S/c1-7(2,4,5)6-3;1-2-3;5*1-2;;;;;;;;;;;/h3H,1-2H3,(H,4,5);3H,2H2,1H3;4*1-2H3;2H,1H3;1H4;10*1H2. The van der Waals surface area contributed by atoms with Crippen LogP contribution in [0.5, 0.6) is 0 Å². The first-order chi connectivity index (χ1) is 9.23.